The van der Waals surface area contributed by atoms with E-state index < -0.39 is 0 Å². The van der Waals surface area contributed by atoms with E-state index in [0.717, 1.165) is 74.6 Å². The van der Waals surface area contributed by atoms with Crippen LogP contribution in [0.25, 0.3) is 0 Å². The van der Waals surface area contributed by atoms with Crippen molar-refractivity contribution in [3.63, 3.8) is 0 Å². The number of β-amino-alcohol motifs (C(OH)–C–C–N with tert-alkyl or cyclic N) is 1. The Kier molecular flexibility index (Phi) is 15.7. The summed E-state index contributed by atoms with van der Waals surface area (Å²) in [5.41, 5.74) is 3.97. The molecule has 0 atom stereocenters. The van der Waals surface area contributed by atoms with Crippen molar-refractivity contribution in [2.75, 3.05) is 78.7 Å². The largest absolute Gasteiger partial charge is 1.00 e. The van der Waals surface area contributed by atoms with Crippen molar-refractivity contribution in [2.24, 2.45) is 0 Å². The molecule has 0 saturated carbocycles. The SMILES string of the molecule is OCCN1CCN(C(c2ccc(F)cc2)c2ccc(F)cc2)CC1.[Na+].[O-]CCN1CCN(C(c2ccc(F)cc2)c2ccc(F)cc2)CC1. The van der Waals surface area contributed by atoms with Gasteiger partial charge in [-0.05, 0) is 77.3 Å². The molecule has 2 heterocycles. The number of halogens is 4. The minimum absolute atomic E-state index is 0. The molecule has 2 aliphatic heterocycles. The number of piperazine rings is 2. The van der Waals surface area contributed by atoms with E-state index >= 15 is 0 Å². The third kappa shape index (κ3) is 11.2. The van der Waals surface area contributed by atoms with Crippen LogP contribution < -0.4 is 34.7 Å². The molecule has 1 N–H and O–H groups in total. The number of rotatable bonds is 10. The fourth-order valence-electron chi connectivity index (χ4n) is 6.57. The van der Waals surface area contributed by atoms with Crippen LogP contribution in [0, 0.1) is 23.3 Å². The monoisotopic (exact) mass is 686 g/mol. The van der Waals surface area contributed by atoms with Gasteiger partial charge >= 0.3 is 29.6 Å². The second-order valence-corrected chi connectivity index (χ2v) is 12.2. The third-order valence-corrected chi connectivity index (χ3v) is 9.11. The number of hydrogen-bond donors (Lipinski definition) is 1. The Morgan fingerprint density at radius 3 is 0.980 bits per heavy atom. The summed E-state index contributed by atoms with van der Waals surface area (Å²) < 4.78 is 53.1. The summed E-state index contributed by atoms with van der Waals surface area (Å²) in [7, 11) is 0. The zero-order chi connectivity index (χ0) is 33.9. The van der Waals surface area contributed by atoms with Gasteiger partial charge in [-0.2, -0.15) is 0 Å². The molecule has 11 heteroatoms. The van der Waals surface area contributed by atoms with Gasteiger partial charge in [0.05, 0.1) is 18.7 Å². The molecule has 6 rings (SSSR count). The normalized spacial score (nSPS) is 16.3. The molecule has 4 aromatic carbocycles. The van der Waals surface area contributed by atoms with Gasteiger partial charge in [0, 0.05) is 58.9 Å². The summed E-state index contributed by atoms with van der Waals surface area (Å²) in [6.07, 6.45) is 0. The van der Waals surface area contributed by atoms with Crippen LogP contribution in [-0.2, 0) is 0 Å². The molecule has 2 fully saturated rings. The van der Waals surface area contributed by atoms with Crippen LogP contribution in [0.3, 0.4) is 0 Å². The standard InChI is InChI=1S/C19H22F2N2O.C19H21F2N2O.Na/c2*20-17-5-1-15(2-6-17)19(16-3-7-18(21)8-4-16)23-11-9-22(10-12-23)13-14-24;/h1-8,19,24H,9-14H2;1-8,19H,9-14H2;/q;-1;+1. The van der Waals surface area contributed by atoms with E-state index in [4.69, 9.17) is 5.11 Å². The Labute approximate surface area is 308 Å². The molecular weight excluding hydrogens is 643 g/mol. The van der Waals surface area contributed by atoms with Gasteiger partial charge in [-0.25, -0.2) is 17.6 Å². The molecule has 6 nitrogen and oxygen atoms in total. The smallest absolute Gasteiger partial charge is 0.854 e. The molecule has 2 saturated heterocycles. The second kappa shape index (κ2) is 19.7. The Morgan fingerprint density at radius 2 is 0.735 bits per heavy atom. The maximum Gasteiger partial charge on any atom is 1.00 e. The van der Waals surface area contributed by atoms with Crippen LogP contribution in [0.2, 0.25) is 0 Å². The van der Waals surface area contributed by atoms with E-state index in [1.807, 2.05) is 0 Å². The van der Waals surface area contributed by atoms with Gasteiger partial charge in [-0.1, -0.05) is 48.5 Å². The van der Waals surface area contributed by atoms with Crippen LogP contribution >= 0.6 is 0 Å². The van der Waals surface area contributed by atoms with Crippen LogP contribution in [0.1, 0.15) is 34.3 Å². The van der Waals surface area contributed by atoms with E-state index in [0.29, 0.717) is 13.1 Å². The van der Waals surface area contributed by atoms with E-state index in [2.05, 4.69) is 19.6 Å². The minimum Gasteiger partial charge on any atom is -0.854 e. The first-order chi connectivity index (χ1) is 23.3. The molecule has 0 amide bonds. The third-order valence-electron chi connectivity index (χ3n) is 9.11. The summed E-state index contributed by atoms with van der Waals surface area (Å²) in [5.74, 6) is -1.05. The van der Waals surface area contributed by atoms with Gasteiger partial charge in [0.25, 0.3) is 0 Å². The summed E-state index contributed by atoms with van der Waals surface area (Å²) in [5, 5.41) is 19.9. The van der Waals surface area contributed by atoms with Crippen molar-refractivity contribution in [3.8, 4) is 0 Å². The van der Waals surface area contributed by atoms with E-state index in [1.54, 1.807) is 48.5 Å². The molecule has 0 bridgehead atoms. The summed E-state index contributed by atoms with van der Waals surface area (Å²) >= 11 is 0. The Hall–Kier alpha value is -2.64. The van der Waals surface area contributed by atoms with E-state index in [-0.39, 0.29) is 78.1 Å². The van der Waals surface area contributed by atoms with Crippen molar-refractivity contribution in [3.05, 3.63) is 143 Å². The first kappa shape index (κ1) is 39.2. The fourth-order valence-corrected chi connectivity index (χ4v) is 6.57. The number of hydrogen-bond acceptors (Lipinski definition) is 6. The number of aliphatic hydroxyl groups excluding tert-OH is 1. The zero-order valence-corrected chi connectivity index (χ0v) is 30.0. The first-order valence-corrected chi connectivity index (χ1v) is 16.5. The van der Waals surface area contributed by atoms with Gasteiger partial charge in [0.1, 0.15) is 23.3 Å². The van der Waals surface area contributed by atoms with Crippen molar-refractivity contribution >= 4 is 0 Å². The second-order valence-electron chi connectivity index (χ2n) is 12.2. The van der Waals surface area contributed by atoms with Crippen LogP contribution in [0.4, 0.5) is 17.6 Å². The van der Waals surface area contributed by atoms with Crippen molar-refractivity contribution in [2.45, 2.75) is 12.1 Å². The maximum absolute atomic E-state index is 13.3. The molecule has 0 aliphatic carbocycles. The minimum atomic E-state index is -0.267. The van der Waals surface area contributed by atoms with Gasteiger partial charge < -0.3 is 15.1 Å². The Balaban J connectivity index is 0.000000216. The molecule has 256 valence electrons. The fraction of sp³-hybridized carbons (Fsp3) is 0.368. The van der Waals surface area contributed by atoms with Gasteiger partial charge in [-0.3, -0.25) is 14.7 Å². The predicted molar refractivity (Wildman–Crippen MR) is 177 cm³/mol. The molecule has 4 aromatic rings. The zero-order valence-electron chi connectivity index (χ0n) is 28.0. The quantitative estimate of drug-likeness (QED) is 0.203. The van der Waals surface area contributed by atoms with Crippen molar-refractivity contribution in [1.82, 2.24) is 19.6 Å². The number of benzene rings is 4. The van der Waals surface area contributed by atoms with Crippen molar-refractivity contribution in [1.29, 1.82) is 0 Å². The van der Waals surface area contributed by atoms with E-state index in [9.17, 15) is 22.7 Å². The molecular formula is C38H43F4N4NaO2. The van der Waals surface area contributed by atoms with Crippen molar-refractivity contribution < 1.29 is 57.3 Å². The average molecular weight is 687 g/mol. The average Bonchev–Trinajstić information content (AvgIpc) is 3.10. The Bertz CT molecular complexity index is 1310. The summed E-state index contributed by atoms with van der Waals surface area (Å²) in [4.78, 5) is 9.02. The van der Waals surface area contributed by atoms with Crippen LogP contribution in [0.5, 0.6) is 0 Å². The molecule has 49 heavy (non-hydrogen) atoms. The van der Waals surface area contributed by atoms with Gasteiger partial charge in [-0.15, -0.1) is 6.61 Å². The molecule has 2 aliphatic rings. The summed E-state index contributed by atoms with van der Waals surface area (Å²) in [6, 6.07) is 26.0. The topological polar surface area (TPSA) is 56.2 Å². The van der Waals surface area contributed by atoms with Crippen LogP contribution in [-0.4, -0.2) is 103 Å². The van der Waals surface area contributed by atoms with E-state index in [1.165, 1.54) is 48.5 Å². The molecule has 0 radical (unpaired) electrons. The maximum atomic E-state index is 13.3. The molecule has 0 aromatic heterocycles. The van der Waals surface area contributed by atoms with Crippen LogP contribution in [0.15, 0.2) is 97.1 Å². The number of nitrogens with zero attached hydrogens (tertiary/aromatic N) is 4. The molecule has 0 unspecified atom stereocenters. The predicted octanol–water partition coefficient (Wildman–Crippen LogP) is 1.70. The van der Waals surface area contributed by atoms with Gasteiger partial charge in [0.2, 0.25) is 0 Å². The number of aliphatic hydroxyl groups is 1. The molecule has 0 spiro atoms. The van der Waals surface area contributed by atoms with Gasteiger partial charge in [0.15, 0.2) is 0 Å². The Morgan fingerprint density at radius 1 is 0.469 bits per heavy atom. The first-order valence-electron chi connectivity index (χ1n) is 16.5. The summed E-state index contributed by atoms with van der Waals surface area (Å²) in [6.45, 7) is 8.09.